The Morgan fingerprint density at radius 2 is 2.27 bits per heavy atom. The third kappa shape index (κ3) is 2.83. The molecule has 2 unspecified atom stereocenters. The van der Waals surface area contributed by atoms with Crippen molar-refractivity contribution in [1.82, 2.24) is 5.32 Å². The lowest BCUT2D eigenvalue weighted by Crippen LogP contribution is -2.26. The van der Waals surface area contributed by atoms with Gasteiger partial charge in [0.05, 0.1) is 12.5 Å². The molecular weight excluding hydrogens is 190 g/mol. The molecule has 3 nitrogen and oxygen atoms in total. The Balaban J connectivity index is 1.69. The minimum absolute atomic E-state index is 0.345. The van der Waals surface area contributed by atoms with Crippen LogP contribution in [0.2, 0.25) is 0 Å². The summed E-state index contributed by atoms with van der Waals surface area (Å²) in [6, 6.07) is 1.98. The number of furan rings is 1. The number of aliphatic hydroxyl groups is 1. The summed E-state index contributed by atoms with van der Waals surface area (Å²) in [5.41, 5.74) is 1.19. The zero-order valence-electron chi connectivity index (χ0n) is 8.98. The summed E-state index contributed by atoms with van der Waals surface area (Å²) in [6.45, 7) is 2.22. The van der Waals surface area contributed by atoms with Crippen LogP contribution < -0.4 is 5.32 Å². The van der Waals surface area contributed by atoms with Gasteiger partial charge in [-0.1, -0.05) is 6.42 Å². The maximum absolute atomic E-state index is 9.18. The predicted molar refractivity (Wildman–Crippen MR) is 58.3 cm³/mol. The molecule has 1 heterocycles. The minimum Gasteiger partial charge on any atom is -0.472 e. The van der Waals surface area contributed by atoms with Gasteiger partial charge in [0.15, 0.2) is 0 Å². The van der Waals surface area contributed by atoms with Crippen LogP contribution in [0.15, 0.2) is 23.0 Å². The van der Waals surface area contributed by atoms with Crippen LogP contribution in [0, 0.1) is 11.8 Å². The van der Waals surface area contributed by atoms with Gasteiger partial charge < -0.3 is 14.8 Å². The fourth-order valence-electron chi connectivity index (χ4n) is 2.42. The molecule has 0 bridgehead atoms. The summed E-state index contributed by atoms with van der Waals surface area (Å²) in [7, 11) is 0. The molecule has 1 fully saturated rings. The van der Waals surface area contributed by atoms with Gasteiger partial charge in [-0.15, -0.1) is 0 Å². The van der Waals surface area contributed by atoms with Gasteiger partial charge in [-0.3, -0.25) is 0 Å². The SMILES string of the molecule is OCC1CCCC1CNCc1ccoc1. The molecule has 2 rings (SSSR count). The summed E-state index contributed by atoms with van der Waals surface area (Å²) in [5, 5.41) is 12.6. The van der Waals surface area contributed by atoms with E-state index in [0.29, 0.717) is 18.4 Å². The first-order valence-corrected chi connectivity index (χ1v) is 5.73. The van der Waals surface area contributed by atoms with Crippen LogP contribution in [-0.4, -0.2) is 18.3 Å². The Bertz CT molecular complexity index is 271. The van der Waals surface area contributed by atoms with Crippen LogP contribution >= 0.6 is 0 Å². The van der Waals surface area contributed by atoms with E-state index in [1.165, 1.54) is 24.8 Å². The van der Waals surface area contributed by atoms with Crippen LogP contribution in [0.3, 0.4) is 0 Å². The van der Waals surface area contributed by atoms with Gasteiger partial charge in [0.25, 0.3) is 0 Å². The van der Waals surface area contributed by atoms with Crippen molar-refractivity contribution >= 4 is 0 Å². The second-order valence-corrected chi connectivity index (χ2v) is 4.40. The number of hydrogen-bond donors (Lipinski definition) is 2. The van der Waals surface area contributed by atoms with Crippen LogP contribution in [0.25, 0.3) is 0 Å². The molecule has 1 aromatic heterocycles. The second-order valence-electron chi connectivity index (χ2n) is 4.40. The smallest absolute Gasteiger partial charge is 0.0947 e. The third-order valence-corrected chi connectivity index (χ3v) is 3.37. The maximum atomic E-state index is 9.18. The quantitative estimate of drug-likeness (QED) is 0.777. The molecule has 0 aromatic carbocycles. The van der Waals surface area contributed by atoms with Crippen LogP contribution in [0.1, 0.15) is 24.8 Å². The standard InChI is InChI=1S/C12H19NO2/c14-8-12-3-1-2-11(12)7-13-6-10-4-5-15-9-10/h4-5,9,11-14H,1-3,6-8H2. The highest BCUT2D eigenvalue weighted by molar-refractivity contribution is 5.04. The number of aliphatic hydroxyl groups excluding tert-OH is 1. The monoisotopic (exact) mass is 209 g/mol. The Kier molecular flexibility index (Phi) is 3.80. The van der Waals surface area contributed by atoms with Crippen molar-refractivity contribution in [2.24, 2.45) is 11.8 Å². The molecule has 0 amide bonds. The highest BCUT2D eigenvalue weighted by Crippen LogP contribution is 2.30. The first-order chi connectivity index (χ1) is 7.40. The maximum Gasteiger partial charge on any atom is 0.0947 e. The van der Waals surface area contributed by atoms with Crippen LogP contribution in [-0.2, 0) is 6.54 Å². The zero-order valence-corrected chi connectivity index (χ0v) is 8.98. The van der Waals surface area contributed by atoms with E-state index in [2.05, 4.69) is 5.32 Å². The Morgan fingerprint density at radius 1 is 1.40 bits per heavy atom. The van der Waals surface area contributed by atoms with Gasteiger partial charge in [-0.05, 0) is 37.3 Å². The first-order valence-electron chi connectivity index (χ1n) is 5.73. The molecule has 15 heavy (non-hydrogen) atoms. The molecule has 2 atom stereocenters. The Labute approximate surface area is 90.5 Å². The van der Waals surface area contributed by atoms with E-state index in [-0.39, 0.29) is 0 Å². The Morgan fingerprint density at radius 3 is 3.00 bits per heavy atom. The summed E-state index contributed by atoms with van der Waals surface area (Å²) in [4.78, 5) is 0. The summed E-state index contributed by atoms with van der Waals surface area (Å²) >= 11 is 0. The lowest BCUT2D eigenvalue weighted by Gasteiger charge is -2.17. The van der Waals surface area contributed by atoms with Crippen LogP contribution in [0.5, 0.6) is 0 Å². The minimum atomic E-state index is 0.345. The van der Waals surface area contributed by atoms with Gasteiger partial charge in [0.2, 0.25) is 0 Å². The topological polar surface area (TPSA) is 45.4 Å². The molecule has 0 saturated heterocycles. The summed E-state index contributed by atoms with van der Waals surface area (Å²) in [5.74, 6) is 1.17. The highest BCUT2D eigenvalue weighted by atomic mass is 16.3. The molecule has 84 valence electrons. The number of rotatable bonds is 5. The van der Waals surface area contributed by atoms with Gasteiger partial charge in [-0.25, -0.2) is 0 Å². The van der Waals surface area contributed by atoms with E-state index >= 15 is 0 Å². The molecule has 2 N–H and O–H groups in total. The number of nitrogens with one attached hydrogen (secondary N) is 1. The lowest BCUT2D eigenvalue weighted by molar-refractivity contribution is 0.192. The van der Waals surface area contributed by atoms with Crippen molar-refractivity contribution in [3.8, 4) is 0 Å². The fraction of sp³-hybridized carbons (Fsp3) is 0.667. The molecule has 0 aliphatic heterocycles. The zero-order chi connectivity index (χ0) is 10.5. The third-order valence-electron chi connectivity index (χ3n) is 3.37. The van der Waals surface area contributed by atoms with Gasteiger partial charge in [0, 0.05) is 18.7 Å². The molecule has 0 radical (unpaired) electrons. The van der Waals surface area contributed by atoms with E-state index in [1.54, 1.807) is 12.5 Å². The molecule has 1 aliphatic rings. The van der Waals surface area contributed by atoms with E-state index in [1.807, 2.05) is 6.07 Å². The van der Waals surface area contributed by atoms with E-state index in [0.717, 1.165) is 13.1 Å². The molecule has 1 aromatic rings. The van der Waals surface area contributed by atoms with Gasteiger partial charge >= 0.3 is 0 Å². The van der Waals surface area contributed by atoms with Gasteiger partial charge in [0.1, 0.15) is 0 Å². The largest absolute Gasteiger partial charge is 0.472 e. The summed E-state index contributed by atoms with van der Waals surface area (Å²) in [6.07, 6.45) is 7.18. The number of hydrogen-bond acceptors (Lipinski definition) is 3. The average Bonchev–Trinajstić information content (AvgIpc) is 2.88. The van der Waals surface area contributed by atoms with Crippen molar-refractivity contribution < 1.29 is 9.52 Å². The molecular formula is C12H19NO2. The summed E-state index contributed by atoms with van der Waals surface area (Å²) < 4.78 is 5.00. The first kappa shape index (κ1) is 10.7. The van der Waals surface area contributed by atoms with Crippen molar-refractivity contribution in [3.05, 3.63) is 24.2 Å². The van der Waals surface area contributed by atoms with Crippen LogP contribution in [0.4, 0.5) is 0 Å². The van der Waals surface area contributed by atoms with Crippen molar-refractivity contribution in [3.63, 3.8) is 0 Å². The molecule has 3 heteroatoms. The van der Waals surface area contributed by atoms with Crippen molar-refractivity contribution in [2.45, 2.75) is 25.8 Å². The second kappa shape index (κ2) is 5.33. The Hall–Kier alpha value is -0.800. The van der Waals surface area contributed by atoms with Crippen molar-refractivity contribution in [1.29, 1.82) is 0 Å². The normalized spacial score (nSPS) is 25.9. The predicted octanol–water partition coefficient (Wildman–Crippen LogP) is 1.78. The van der Waals surface area contributed by atoms with Gasteiger partial charge in [-0.2, -0.15) is 0 Å². The molecule has 1 saturated carbocycles. The lowest BCUT2D eigenvalue weighted by atomic mass is 9.97. The molecule has 1 aliphatic carbocycles. The molecule has 0 spiro atoms. The average molecular weight is 209 g/mol. The van der Waals surface area contributed by atoms with Crippen molar-refractivity contribution in [2.75, 3.05) is 13.2 Å². The highest BCUT2D eigenvalue weighted by Gasteiger charge is 2.25. The van der Waals surface area contributed by atoms with E-state index < -0.39 is 0 Å². The van der Waals surface area contributed by atoms with E-state index in [9.17, 15) is 5.11 Å². The van der Waals surface area contributed by atoms with E-state index in [4.69, 9.17) is 4.42 Å². The fourth-order valence-corrected chi connectivity index (χ4v) is 2.42.